The molecule has 2 rings (SSSR count). The van der Waals surface area contributed by atoms with Crippen molar-refractivity contribution in [3.63, 3.8) is 0 Å². The monoisotopic (exact) mass is 293 g/mol. The fourth-order valence-electron chi connectivity index (χ4n) is 2.01. The molecule has 0 aliphatic rings. The van der Waals surface area contributed by atoms with Gasteiger partial charge in [0.05, 0.1) is 5.52 Å². The molecule has 0 spiro atoms. The van der Waals surface area contributed by atoms with Crippen molar-refractivity contribution in [2.75, 3.05) is 13.1 Å². The summed E-state index contributed by atoms with van der Waals surface area (Å²) in [6, 6.07) is 7.10. The minimum absolute atomic E-state index is 0.225. The standard InChI is InChI=1S/C14H19N3O2S/c1-11-9-12-5-4-6-13(14(12)16-10-11)20(18,19)17-8-3-2-7-15/h4-6,9-10,17H,2-3,7-8,15H2,1H3. The van der Waals surface area contributed by atoms with Gasteiger partial charge in [-0.1, -0.05) is 12.1 Å². The van der Waals surface area contributed by atoms with E-state index in [9.17, 15) is 8.42 Å². The van der Waals surface area contributed by atoms with Crippen molar-refractivity contribution in [2.24, 2.45) is 5.73 Å². The van der Waals surface area contributed by atoms with E-state index in [4.69, 9.17) is 5.73 Å². The summed E-state index contributed by atoms with van der Waals surface area (Å²) in [5, 5.41) is 0.829. The minimum Gasteiger partial charge on any atom is -0.330 e. The Bertz CT molecular complexity index is 699. The summed E-state index contributed by atoms with van der Waals surface area (Å²) in [4.78, 5) is 4.48. The molecule has 1 aromatic heterocycles. The van der Waals surface area contributed by atoms with Crippen molar-refractivity contribution in [1.29, 1.82) is 0 Å². The molecule has 0 saturated carbocycles. The first-order valence-electron chi connectivity index (χ1n) is 6.60. The summed E-state index contributed by atoms with van der Waals surface area (Å²) in [7, 11) is -3.53. The van der Waals surface area contributed by atoms with Crippen molar-refractivity contribution >= 4 is 20.9 Å². The zero-order valence-electron chi connectivity index (χ0n) is 11.5. The Labute approximate surface area is 119 Å². The van der Waals surface area contributed by atoms with Crippen LogP contribution >= 0.6 is 0 Å². The lowest BCUT2D eigenvalue weighted by atomic mass is 10.2. The summed E-state index contributed by atoms with van der Waals surface area (Å²) in [5.74, 6) is 0. The first-order chi connectivity index (χ1) is 9.54. The van der Waals surface area contributed by atoms with E-state index in [0.717, 1.165) is 23.8 Å². The van der Waals surface area contributed by atoms with Gasteiger partial charge in [0.15, 0.2) is 0 Å². The molecule has 20 heavy (non-hydrogen) atoms. The number of pyridine rings is 1. The van der Waals surface area contributed by atoms with Gasteiger partial charge in [-0.15, -0.1) is 0 Å². The van der Waals surface area contributed by atoms with Crippen molar-refractivity contribution in [2.45, 2.75) is 24.7 Å². The summed E-state index contributed by atoms with van der Waals surface area (Å²) >= 11 is 0. The molecule has 1 aromatic carbocycles. The molecular weight excluding hydrogens is 274 g/mol. The number of benzene rings is 1. The zero-order chi connectivity index (χ0) is 14.6. The molecule has 2 aromatic rings. The molecular formula is C14H19N3O2S. The number of nitrogens with zero attached hydrogens (tertiary/aromatic N) is 1. The van der Waals surface area contributed by atoms with E-state index in [0.29, 0.717) is 18.6 Å². The molecule has 0 aliphatic carbocycles. The molecule has 3 N–H and O–H groups in total. The number of sulfonamides is 1. The average molecular weight is 293 g/mol. The Balaban J connectivity index is 2.32. The first-order valence-corrected chi connectivity index (χ1v) is 8.08. The Kier molecular flexibility index (Phi) is 4.69. The number of unbranched alkanes of at least 4 members (excludes halogenated alkanes) is 1. The first kappa shape index (κ1) is 14.9. The maximum atomic E-state index is 12.3. The van der Waals surface area contributed by atoms with Crippen LogP contribution in [0.4, 0.5) is 0 Å². The minimum atomic E-state index is -3.53. The highest BCUT2D eigenvalue weighted by molar-refractivity contribution is 7.89. The van der Waals surface area contributed by atoms with E-state index in [1.165, 1.54) is 0 Å². The maximum absolute atomic E-state index is 12.3. The summed E-state index contributed by atoms with van der Waals surface area (Å²) in [6.07, 6.45) is 3.21. The topological polar surface area (TPSA) is 85.1 Å². The Morgan fingerprint density at radius 1 is 1.30 bits per heavy atom. The molecule has 0 fully saturated rings. The molecule has 0 aliphatic heterocycles. The van der Waals surface area contributed by atoms with Crippen LogP contribution in [0.2, 0.25) is 0 Å². The molecule has 0 amide bonds. The number of para-hydroxylation sites is 1. The fourth-order valence-corrected chi connectivity index (χ4v) is 3.26. The third-order valence-electron chi connectivity index (χ3n) is 3.02. The molecule has 0 radical (unpaired) electrons. The molecule has 0 bridgehead atoms. The van der Waals surface area contributed by atoms with Crippen LogP contribution in [0.3, 0.4) is 0 Å². The molecule has 0 unspecified atom stereocenters. The number of rotatable bonds is 6. The van der Waals surface area contributed by atoms with Gasteiger partial charge in [0.1, 0.15) is 4.90 Å². The number of hydrogen-bond acceptors (Lipinski definition) is 4. The second-order valence-corrected chi connectivity index (χ2v) is 6.47. The van der Waals surface area contributed by atoms with Crippen molar-refractivity contribution in [3.8, 4) is 0 Å². The van der Waals surface area contributed by atoms with Gasteiger partial charge < -0.3 is 5.73 Å². The second-order valence-electron chi connectivity index (χ2n) is 4.73. The van der Waals surface area contributed by atoms with Crippen LogP contribution in [0, 0.1) is 6.92 Å². The predicted molar refractivity (Wildman–Crippen MR) is 80.0 cm³/mol. The number of aromatic nitrogens is 1. The molecule has 0 atom stereocenters. The van der Waals surface area contributed by atoms with Gasteiger partial charge in [-0.05, 0) is 44.0 Å². The van der Waals surface area contributed by atoms with E-state index < -0.39 is 10.0 Å². The number of nitrogens with two attached hydrogens (primary N) is 1. The predicted octanol–water partition coefficient (Wildman–Crippen LogP) is 1.56. The maximum Gasteiger partial charge on any atom is 0.242 e. The molecule has 0 saturated heterocycles. The van der Waals surface area contributed by atoms with Gasteiger partial charge in [-0.25, -0.2) is 13.1 Å². The van der Waals surface area contributed by atoms with Crippen LogP contribution in [0.25, 0.3) is 10.9 Å². The lowest BCUT2D eigenvalue weighted by molar-refractivity contribution is 0.578. The Morgan fingerprint density at radius 2 is 2.10 bits per heavy atom. The van der Waals surface area contributed by atoms with Gasteiger partial charge in [-0.2, -0.15) is 0 Å². The third kappa shape index (κ3) is 3.33. The lowest BCUT2D eigenvalue weighted by Gasteiger charge is -2.09. The highest BCUT2D eigenvalue weighted by atomic mass is 32.2. The smallest absolute Gasteiger partial charge is 0.242 e. The van der Waals surface area contributed by atoms with Gasteiger partial charge in [0, 0.05) is 18.1 Å². The van der Waals surface area contributed by atoms with Crippen LogP contribution in [0.15, 0.2) is 35.4 Å². The molecule has 6 heteroatoms. The van der Waals surface area contributed by atoms with Crippen molar-refractivity contribution < 1.29 is 8.42 Å². The van der Waals surface area contributed by atoms with Crippen LogP contribution in [0.5, 0.6) is 0 Å². The van der Waals surface area contributed by atoms with Crippen molar-refractivity contribution in [1.82, 2.24) is 9.71 Å². The Morgan fingerprint density at radius 3 is 2.85 bits per heavy atom. The summed E-state index contributed by atoms with van der Waals surface area (Å²) in [6.45, 7) is 2.89. The molecule has 1 heterocycles. The number of fused-ring (bicyclic) bond motifs is 1. The van der Waals surface area contributed by atoms with Gasteiger partial charge in [0.25, 0.3) is 0 Å². The van der Waals surface area contributed by atoms with Crippen LogP contribution in [-0.4, -0.2) is 26.5 Å². The highest BCUT2D eigenvalue weighted by Gasteiger charge is 2.17. The second kappa shape index (κ2) is 6.30. The van der Waals surface area contributed by atoms with E-state index >= 15 is 0 Å². The number of aryl methyl sites for hydroxylation is 1. The molecule has 108 valence electrons. The number of hydrogen-bond donors (Lipinski definition) is 2. The average Bonchev–Trinajstić information content (AvgIpc) is 2.42. The van der Waals surface area contributed by atoms with E-state index in [1.54, 1.807) is 18.3 Å². The highest BCUT2D eigenvalue weighted by Crippen LogP contribution is 2.21. The quantitative estimate of drug-likeness (QED) is 0.792. The van der Waals surface area contributed by atoms with Gasteiger partial charge in [-0.3, -0.25) is 4.98 Å². The fraction of sp³-hybridized carbons (Fsp3) is 0.357. The normalized spacial score (nSPS) is 11.9. The van der Waals surface area contributed by atoms with Gasteiger partial charge in [0.2, 0.25) is 10.0 Å². The van der Waals surface area contributed by atoms with Crippen LogP contribution in [-0.2, 0) is 10.0 Å². The summed E-state index contributed by atoms with van der Waals surface area (Å²) < 4.78 is 27.2. The Hall–Kier alpha value is -1.50. The third-order valence-corrected chi connectivity index (χ3v) is 4.52. The lowest BCUT2D eigenvalue weighted by Crippen LogP contribution is -2.25. The van der Waals surface area contributed by atoms with Crippen LogP contribution in [0.1, 0.15) is 18.4 Å². The van der Waals surface area contributed by atoms with Gasteiger partial charge >= 0.3 is 0 Å². The van der Waals surface area contributed by atoms with E-state index in [-0.39, 0.29) is 4.90 Å². The largest absolute Gasteiger partial charge is 0.330 e. The van der Waals surface area contributed by atoms with E-state index in [2.05, 4.69) is 9.71 Å². The number of nitrogens with one attached hydrogen (secondary N) is 1. The summed E-state index contributed by atoms with van der Waals surface area (Å²) in [5.41, 5.74) is 6.90. The zero-order valence-corrected chi connectivity index (χ0v) is 12.3. The van der Waals surface area contributed by atoms with Crippen LogP contribution < -0.4 is 10.5 Å². The van der Waals surface area contributed by atoms with E-state index in [1.807, 2.05) is 19.1 Å². The van der Waals surface area contributed by atoms with Crippen molar-refractivity contribution in [3.05, 3.63) is 36.0 Å². The SMILES string of the molecule is Cc1cnc2c(S(=O)(=O)NCCCCN)cccc2c1. The molecule has 5 nitrogen and oxygen atoms in total.